The minimum atomic E-state index is -0.690. The van der Waals surface area contributed by atoms with E-state index in [-0.39, 0.29) is 5.56 Å². The Morgan fingerprint density at radius 2 is 1.89 bits per heavy atom. The third-order valence-electron chi connectivity index (χ3n) is 3.38. The van der Waals surface area contributed by atoms with Crippen LogP contribution in [0.25, 0.3) is 0 Å². The topological polar surface area (TPSA) is 73.9 Å². The van der Waals surface area contributed by atoms with Crippen LogP contribution < -0.4 is 14.8 Å². The van der Waals surface area contributed by atoms with Gasteiger partial charge in [0.15, 0.2) is 18.1 Å². The SMILES string of the molecule is CCCOc1c(Br)cc(C(=O)OCC(=O)Nc2ccc(F)cc2)cc1OC. The van der Waals surface area contributed by atoms with Crippen molar-refractivity contribution >= 4 is 33.5 Å². The first-order valence-corrected chi connectivity index (χ1v) is 8.96. The first-order chi connectivity index (χ1) is 12.9. The molecule has 0 saturated heterocycles. The molecule has 0 heterocycles. The van der Waals surface area contributed by atoms with Gasteiger partial charge in [0.2, 0.25) is 0 Å². The lowest BCUT2D eigenvalue weighted by Gasteiger charge is -2.13. The molecule has 0 spiro atoms. The summed E-state index contributed by atoms with van der Waals surface area (Å²) >= 11 is 3.34. The minimum absolute atomic E-state index is 0.206. The van der Waals surface area contributed by atoms with Crippen LogP contribution in [-0.4, -0.2) is 32.2 Å². The van der Waals surface area contributed by atoms with Crippen molar-refractivity contribution in [3.8, 4) is 11.5 Å². The zero-order chi connectivity index (χ0) is 19.8. The summed E-state index contributed by atoms with van der Waals surface area (Å²) in [5, 5.41) is 2.51. The molecule has 0 fully saturated rings. The minimum Gasteiger partial charge on any atom is -0.493 e. The summed E-state index contributed by atoms with van der Waals surface area (Å²) in [6.45, 7) is 2.00. The molecule has 0 radical (unpaired) electrons. The summed E-state index contributed by atoms with van der Waals surface area (Å²) < 4.78 is 29.3. The van der Waals surface area contributed by atoms with E-state index in [4.69, 9.17) is 14.2 Å². The van der Waals surface area contributed by atoms with Gasteiger partial charge in [0, 0.05) is 5.69 Å². The van der Waals surface area contributed by atoms with Crippen LogP contribution in [0.2, 0.25) is 0 Å². The third-order valence-corrected chi connectivity index (χ3v) is 3.97. The Hall–Kier alpha value is -2.61. The number of halogens is 2. The molecule has 2 rings (SSSR count). The van der Waals surface area contributed by atoms with Gasteiger partial charge in [-0.1, -0.05) is 6.92 Å². The second kappa shape index (κ2) is 9.91. The fourth-order valence-electron chi connectivity index (χ4n) is 2.13. The highest BCUT2D eigenvalue weighted by Crippen LogP contribution is 2.37. The number of carbonyl (C=O) groups is 2. The van der Waals surface area contributed by atoms with Crippen molar-refractivity contribution in [3.05, 3.63) is 52.3 Å². The number of methoxy groups -OCH3 is 1. The van der Waals surface area contributed by atoms with Crippen LogP contribution in [0.5, 0.6) is 11.5 Å². The number of esters is 1. The normalized spacial score (nSPS) is 10.2. The van der Waals surface area contributed by atoms with Crippen molar-refractivity contribution < 1.29 is 28.2 Å². The molecule has 1 N–H and O–H groups in total. The van der Waals surface area contributed by atoms with E-state index in [0.29, 0.717) is 28.3 Å². The van der Waals surface area contributed by atoms with E-state index in [9.17, 15) is 14.0 Å². The Morgan fingerprint density at radius 1 is 1.19 bits per heavy atom. The van der Waals surface area contributed by atoms with Crippen molar-refractivity contribution in [2.45, 2.75) is 13.3 Å². The highest BCUT2D eigenvalue weighted by atomic mass is 79.9. The standard InChI is InChI=1S/C19H19BrFNO5/c1-3-8-26-18-15(20)9-12(10-16(18)25-2)19(24)27-11-17(23)22-14-6-4-13(21)5-7-14/h4-7,9-10H,3,8,11H2,1-2H3,(H,22,23). The molecule has 1 amide bonds. The summed E-state index contributed by atoms with van der Waals surface area (Å²) in [5.41, 5.74) is 0.608. The smallest absolute Gasteiger partial charge is 0.338 e. The number of hydrogen-bond acceptors (Lipinski definition) is 5. The van der Waals surface area contributed by atoms with E-state index in [2.05, 4.69) is 21.2 Å². The highest BCUT2D eigenvalue weighted by molar-refractivity contribution is 9.10. The van der Waals surface area contributed by atoms with Gasteiger partial charge in [0.25, 0.3) is 5.91 Å². The van der Waals surface area contributed by atoms with E-state index >= 15 is 0 Å². The van der Waals surface area contributed by atoms with Crippen molar-refractivity contribution in [1.29, 1.82) is 0 Å². The molecule has 0 aromatic heterocycles. The van der Waals surface area contributed by atoms with E-state index in [1.807, 2.05) is 6.92 Å². The number of ether oxygens (including phenoxy) is 3. The third kappa shape index (κ3) is 5.96. The average molecular weight is 440 g/mol. The van der Waals surface area contributed by atoms with Crippen LogP contribution in [0, 0.1) is 5.82 Å². The molecule has 8 heteroatoms. The maximum atomic E-state index is 12.9. The maximum absolute atomic E-state index is 12.9. The van der Waals surface area contributed by atoms with E-state index < -0.39 is 24.3 Å². The summed E-state index contributed by atoms with van der Waals surface area (Å²) in [4.78, 5) is 24.1. The molecule has 0 bridgehead atoms. The second-order valence-electron chi connectivity index (χ2n) is 5.47. The Morgan fingerprint density at radius 3 is 2.52 bits per heavy atom. The van der Waals surface area contributed by atoms with Gasteiger partial charge in [0.05, 0.1) is 23.8 Å². The van der Waals surface area contributed by atoms with Crippen LogP contribution in [0.3, 0.4) is 0 Å². The Balaban J connectivity index is 1.99. The van der Waals surface area contributed by atoms with Gasteiger partial charge in [-0.25, -0.2) is 9.18 Å². The number of benzene rings is 2. The van der Waals surface area contributed by atoms with Gasteiger partial charge in [-0.2, -0.15) is 0 Å². The second-order valence-corrected chi connectivity index (χ2v) is 6.32. The van der Waals surface area contributed by atoms with Gasteiger partial charge in [0.1, 0.15) is 5.82 Å². The lowest BCUT2D eigenvalue weighted by atomic mass is 10.2. The van der Waals surface area contributed by atoms with Crippen molar-refractivity contribution in [2.75, 3.05) is 25.6 Å². The summed E-state index contributed by atoms with van der Waals surface area (Å²) in [7, 11) is 1.46. The van der Waals surface area contributed by atoms with E-state index in [0.717, 1.165) is 6.42 Å². The van der Waals surface area contributed by atoms with Gasteiger partial charge in [-0.05, 0) is 58.7 Å². The Bertz CT molecular complexity index is 810. The highest BCUT2D eigenvalue weighted by Gasteiger charge is 2.17. The molecule has 0 aliphatic heterocycles. The largest absolute Gasteiger partial charge is 0.493 e. The van der Waals surface area contributed by atoms with Crippen LogP contribution in [-0.2, 0) is 9.53 Å². The van der Waals surface area contributed by atoms with Gasteiger partial charge in [-0.3, -0.25) is 4.79 Å². The molecule has 0 saturated carbocycles. The number of nitrogens with one attached hydrogen (secondary N) is 1. The molecule has 0 atom stereocenters. The first-order valence-electron chi connectivity index (χ1n) is 8.17. The summed E-state index contributed by atoms with van der Waals surface area (Å²) in [6.07, 6.45) is 0.822. The quantitative estimate of drug-likeness (QED) is 0.624. The van der Waals surface area contributed by atoms with E-state index in [1.54, 1.807) is 0 Å². The molecule has 144 valence electrons. The monoisotopic (exact) mass is 439 g/mol. The van der Waals surface area contributed by atoms with Crippen molar-refractivity contribution in [2.24, 2.45) is 0 Å². The Kier molecular flexibility index (Phi) is 7.60. The van der Waals surface area contributed by atoms with Crippen LogP contribution in [0.1, 0.15) is 23.7 Å². The molecule has 2 aromatic rings. The van der Waals surface area contributed by atoms with Crippen molar-refractivity contribution in [3.63, 3.8) is 0 Å². The molecule has 2 aromatic carbocycles. The lowest BCUT2D eigenvalue weighted by molar-refractivity contribution is -0.119. The zero-order valence-corrected chi connectivity index (χ0v) is 16.5. The number of hydrogen-bond donors (Lipinski definition) is 1. The van der Waals surface area contributed by atoms with E-state index in [1.165, 1.54) is 43.5 Å². The van der Waals surface area contributed by atoms with Gasteiger partial charge < -0.3 is 19.5 Å². The fraction of sp³-hybridized carbons (Fsp3) is 0.263. The van der Waals surface area contributed by atoms with Crippen LogP contribution in [0.4, 0.5) is 10.1 Å². The predicted octanol–water partition coefficient (Wildman–Crippen LogP) is 4.18. The van der Waals surface area contributed by atoms with Crippen LogP contribution >= 0.6 is 15.9 Å². The fourth-order valence-corrected chi connectivity index (χ4v) is 2.68. The summed E-state index contributed by atoms with van der Waals surface area (Å²) in [6, 6.07) is 8.27. The maximum Gasteiger partial charge on any atom is 0.338 e. The Labute approximate surface area is 164 Å². The molecule has 6 nitrogen and oxygen atoms in total. The van der Waals surface area contributed by atoms with Crippen molar-refractivity contribution in [1.82, 2.24) is 0 Å². The number of carbonyl (C=O) groups excluding carboxylic acids is 2. The molecule has 27 heavy (non-hydrogen) atoms. The van der Waals surface area contributed by atoms with Gasteiger partial charge in [-0.15, -0.1) is 0 Å². The summed E-state index contributed by atoms with van der Waals surface area (Å²) in [5.74, 6) is -0.773. The molecular weight excluding hydrogens is 421 g/mol. The first kappa shape index (κ1) is 20.7. The average Bonchev–Trinajstić information content (AvgIpc) is 2.66. The lowest BCUT2D eigenvalue weighted by Crippen LogP contribution is -2.21. The van der Waals surface area contributed by atoms with Gasteiger partial charge >= 0.3 is 5.97 Å². The number of amides is 1. The molecule has 0 aliphatic carbocycles. The number of rotatable bonds is 8. The molecule has 0 aliphatic rings. The van der Waals surface area contributed by atoms with Crippen LogP contribution in [0.15, 0.2) is 40.9 Å². The predicted molar refractivity (Wildman–Crippen MR) is 102 cm³/mol. The zero-order valence-electron chi connectivity index (χ0n) is 14.9. The molecular formula is C19H19BrFNO5. The number of anilines is 1. The molecule has 0 unspecified atom stereocenters.